The lowest BCUT2D eigenvalue weighted by molar-refractivity contribution is 0.673. The molecule has 1 heterocycles. The Labute approximate surface area is 65.1 Å². The predicted molar refractivity (Wildman–Crippen MR) is 42.0 cm³/mol. The smallest absolute Gasteiger partial charge is 0.0763 e. The van der Waals surface area contributed by atoms with Crippen molar-refractivity contribution in [2.75, 3.05) is 0 Å². The van der Waals surface area contributed by atoms with E-state index in [1.807, 2.05) is 13.0 Å². The highest BCUT2D eigenvalue weighted by molar-refractivity contribution is 6.29. The average Bonchev–Trinajstić information content (AvgIpc) is 2.15. The van der Waals surface area contributed by atoms with Crippen molar-refractivity contribution in [1.29, 1.82) is 0 Å². The van der Waals surface area contributed by atoms with Crippen molar-refractivity contribution in [3.63, 3.8) is 0 Å². The van der Waals surface area contributed by atoms with E-state index in [9.17, 15) is 0 Å². The SMILES string of the molecule is C=C(Cl)Cn1nccc1C. The minimum Gasteiger partial charge on any atom is -0.265 e. The Kier molecular flexibility index (Phi) is 2.12. The van der Waals surface area contributed by atoms with Gasteiger partial charge in [-0.3, -0.25) is 4.68 Å². The van der Waals surface area contributed by atoms with Gasteiger partial charge in [0.1, 0.15) is 0 Å². The molecule has 0 aromatic carbocycles. The number of aromatic nitrogens is 2. The summed E-state index contributed by atoms with van der Waals surface area (Å²) < 4.78 is 1.80. The third kappa shape index (κ3) is 1.61. The van der Waals surface area contributed by atoms with Crippen molar-refractivity contribution < 1.29 is 0 Å². The molecule has 1 aromatic heterocycles. The molecule has 0 fully saturated rings. The zero-order valence-electron chi connectivity index (χ0n) is 5.84. The number of allylic oxidation sites excluding steroid dienone is 1. The van der Waals surface area contributed by atoms with Crippen LogP contribution in [0.4, 0.5) is 0 Å². The van der Waals surface area contributed by atoms with Gasteiger partial charge in [-0.1, -0.05) is 18.2 Å². The Morgan fingerprint density at radius 2 is 2.60 bits per heavy atom. The fourth-order valence-corrected chi connectivity index (χ4v) is 0.840. The second-order valence-electron chi connectivity index (χ2n) is 2.15. The van der Waals surface area contributed by atoms with Gasteiger partial charge in [0.05, 0.1) is 6.54 Å². The molecule has 0 aliphatic rings. The summed E-state index contributed by atoms with van der Waals surface area (Å²) in [7, 11) is 0. The molecule has 0 saturated carbocycles. The molecule has 3 heteroatoms. The van der Waals surface area contributed by atoms with Gasteiger partial charge in [-0.2, -0.15) is 5.10 Å². The minimum atomic E-state index is 0.598. The number of rotatable bonds is 2. The van der Waals surface area contributed by atoms with Crippen molar-refractivity contribution in [1.82, 2.24) is 9.78 Å². The summed E-state index contributed by atoms with van der Waals surface area (Å²) >= 11 is 5.59. The third-order valence-electron chi connectivity index (χ3n) is 1.25. The molecule has 0 atom stereocenters. The van der Waals surface area contributed by atoms with Gasteiger partial charge >= 0.3 is 0 Å². The van der Waals surface area contributed by atoms with Gasteiger partial charge in [0.15, 0.2) is 0 Å². The highest BCUT2D eigenvalue weighted by Crippen LogP contribution is 2.03. The van der Waals surface area contributed by atoms with E-state index in [0.717, 1.165) is 5.69 Å². The zero-order chi connectivity index (χ0) is 7.56. The van der Waals surface area contributed by atoms with Crippen LogP contribution in [0.15, 0.2) is 23.9 Å². The molecule has 1 rings (SSSR count). The average molecular weight is 157 g/mol. The quantitative estimate of drug-likeness (QED) is 0.640. The highest BCUT2D eigenvalue weighted by atomic mass is 35.5. The van der Waals surface area contributed by atoms with E-state index in [1.54, 1.807) is 10.9 Å². The molecule has 0 spiro atoms. The standard InChI is InChI=1S/C7H9ClN2/c1-6(8)5-10-7(2)3-4-9-10/h3-4H,1,5H2,2H3. The molecule has 0 aliphatic heterocycles. The van der Waals surface area contributed by atoms with E-state index in [-0.39, 0.29) is 0 Å². The van der Waals surface area contributed by atoms with Crippen LogP contribution in [0.3, 0.4) is 0 Å². The maximum Gasteiger partial charge on any atom is 0.0763 e. The van der Waals surface area contributed by atoms with Crippen molar-refractivity contribution >= 4 is 11.6 Å². The van der Waals surface area contributed by atoms with Gasteiger partial charge in [0, 0.05) is 16.9 Å². The first kappa shape index (κ1) is 7.35. The summed E-state index contributed by atoms with van der Waals surface area (Å²) in [6, 6.07) is 1.93. The summed E-state index contributed by atoms with van der Waals surface area (Å²) in [6.07, 6.45) is 1.75. The first-order chi connectivity index (χ1) is 4.70. The lowest BCUT2D eigenvalue weighted by atomic mass is 10.5. The van der Waals surface area contributed by atoms with Gasteiger partial charge in [-0.15, -0.1) is 0 Å². The molecule has 0 saturated heterocycles. The number of aryl methyl sites for hydroxylation is 1. The monoisotopic (exact) mass is 156 g/mol. The zero-order valence-corrected chi connectivity index (χ0v) is 6.60. The molecule has 1 aromatic rings. The van der Waals surface area contributed by atoms with E-state index in [1.165, 1.54) is 0 Å². The normalized spacial score (nSPS) is 9.80. The maximum atomic E-state index is 5.59. The number of nitrogens with zero attached hydrogens (tertiary/aromatic N) is 2. The van der Waals surface area contributed by atoms with Crippen LogP contribution in [-0.2, 0) is 6.54 Å². The maximum absolute atomic E-state index is 5.59. The first-order valence-electron chi connectivity index (χ1n) is 3.02. The second kappa shape index (κ2) is 2.88. The Balaban J connectivity index is 2.74. The largest absolute Gasteiger partial charge is 0.265 e. The van der Waals surface area contributed by atoms with Crippen LogP contribution in [-0.4, -0.2) is 9.78 Å². The third-order valence-corrected chi connectivity index (χ3v) is 1.37. The van der Waals surface area contributed by atoms with Gasteiger partial charge in [0.2, 0.25) is 0 Å². The Bertz CT molecular complexity index is 240. The fraction of sp³-hybridized carbons (Fsp3) is 0.286. The van der Waals surface area contributed by atoms with Gasteiger partial charge < -0.3 is 0 Å². The minimum absolute atomic E-state index is 0.598. The number of halogens is 1. The van der Waals surface area contributed by atoms with Crippen LogP contribution in [0.5, 0.6) is 0 Å². The molecular weight excluding hydrogens is 148 g/mol. The highest BCUT2D eigenvalue weighted by Gasteiger charge is 1.95. The van der Waals surface area contributed by atoms with E-state index >= 15 is 0 Å². The number of hydrogen-bond acceptors (Lipinski definition) is 1. The second-order valence-corrected chi connectivity index (χ2v) is 2.68. The van der Waals surface area contributed by atoms with Crippen LogP contribution in [0, 0.1) is 6.92 Å². The molecular formula is C7H9ClN2. The number of hydrogen-bond donors (Lipinski definition) is 0. The molecule has 2 nitrogen and oxygen atoms in total. The molecule has 0 amide bonds. The van der Waals surface area contributed by atoms with Crippen LogP contribution >= 0.6 is 11.6 Å². The summed E-state index contributed by atoms with van der Waals surface area (Å²) in [6.45, 7) is 6.15. The molecule has 0 bridgehead atoms. The summed E-state index contributed by atoms with van der Waals surface area (Å²) in [5.74, 6) is 0. The van der Waals surface area contributed by atoms with Gasteiger partial charge in [-0.05, 0) is 13.0 Å². The molecule has 0 N–H and O–H groups in total. The van der Waals surface area contributed by atoms with Crippen molar-refractivity contribution in [3.05, 3.63) is 29.6 Å². The molecule has 0 unspecified atom stereocenters. The lowest BCUT2D eigenvalue weighted by Crippen LogP contribution is -2.00. The Morgan fingerprint density at radius 3 is 3.00 bits per heavy atom. The fourth-order valence-electron chi connectivity index (χ4n) is 0.727. The molecule has 54 valence electrons. The van der Waals surface area contributed by atoms with Crippen molar-refractivity contribution in [3.8, 4) is 0 Å². The van der Waals surface area contributed by atoms with Crippen molar-refractivity contribution in [2.45, 2.75) is 13.5 Å². The summed E-state index contributed by atoms with van der Waals surface area (Å²) in [5.41, 5.74) is 1.10. The molecule has 0 aliphatic carbocycles. The van der Waals surface area contributed by atoms with Gasteiger partial charge in [-0.25, -0.2) is 0 Å². The van der Waals surface area contributed by atoms with Crippen molar-refractivity contribution in [2.24, 2.45) is 0 Å². The van der Waals surface area contributed by atoms with Crippen LogP contribution in [0.1, 0.15) is 5.69 Å². The van der Waals surface area contributed by atoms with Crippen LogP contribution in [0.2, 0.25) is 0 Å². The predicted octanol–water partition coefficient (Wildman–Crippen LogP) is 1.94. The van der Waals surface area contributed by atoms with E-state index < -0.39 is 0 Å². The summed E-state index contributed by atoms with van der Waals surface area (Å²) in [5, 5.41) is 4.63. The molecule has 0 radical (unpaired) electrons. The van der Waals surface area contributed by atoms with E-state index in [0.29, 0.717) is 11.6 Å². The first-order valence-corrected chi connectivity index (χ1v) is 3.39. The lowest BCUT2D eigenvalue weighted by Gasteiger charge is -2.00. The van der Waals surface area contributed by atoms with Crippen LogP contribution < -0.4 is 0 Å². The summed E-state index contributed by atoms with van der Waals surface area (Å²) in [4.78, 5) is 0. The Morgan fingerprint density at radius 1 is 1.90 bits per heavy atom. The van der Waals surface area contributed by atoms with E-state index in [2.05, 4.69) is 11.7 Å². The van der Waals surface area contributed by atoms with Crippen LogP contribution in [0.25, 0.3) is 0 Å². The Hall–Kier alpha value is -0.760. The topological polar surface area (TPSA) is 17.8 Å². The van der Waals surface area contributed by atoms with E-state index in [4.69, 9.17) is 11.6 Å². The van der Waals surface area contributed by atoms with Gasteiger partial charge in [0.25, 0.3) is 0 Å². The molecule has 10 heavy (non-hydrogen) atoms.